The third-order valence-corrected chi connectivity index (χ3v) is 4.15. The molecule has 1 aromatic rings. The van der Waals surface area contributed by atoms with E-state index in [1.165, 1.54) is 0 Å². The van der Waals surface area contributed by atoms with Crippen LogP contribution < -0.4 is 4.74 Å². The summed E-state index contributed by atoms with van der Waals surface area (Å²) in [4.78, 5) is 23.1. The molecule has 1 aliphatic rings. The number of Topliss-reactive ketones (excluding diaryl/α,β-unsaturated/α-hetero) is 1. The van der Waals surface area contributed by atoms with Crippen molar-refractivity contribution in [2.75, 3.05) is 7.11 Å². The second-order valence-corrected chi connectivity index (χ2v) is 5.71. The smallest absolute Gasteiger partial charge is 0.140 e. The topological polar surface area (TPSA) is 43.4 Å². The summed E-state index contributed by atoms with van der Waals surface area (Å²) in [6.07, 6.45) is 2.70. The van der Waals surface area contributed by atoms with Crippen LogP contribution in [0.3, 0.4) is 0 Å². The van der Waals surface area contributed by atoms with Gasteiger partial charge >= 0.3 is 0 Å². The van der Waals surface area contributed by atoms with Crippen LogP contribution >= 0.6 is 0 Å². The monoisotopic (exact) mass is 260 g/mol. The summed E-state index contributed by atoms with van der Waals surface area (Å²) >= 11 is 0. The summed E-state index contributed by atoms with van der Waals surface area (Å²) in [5.41, 5.74) is 1.80. The van der Waals surface area contributed by atoms with E-state index in [0.717, 1.165) is 29.6 Å². The summed E-state index contributed by atoms with van der Waals surface area (Å²) in [6, 6.07) is 5.89. The molecule has 0 heterocycles. The fraction of sp³-hybridized carbons (Fsp3) is 0.500. The van der Waals surface area contributed by atoms with Crippen LogP contribution in [-0.4, -0.2) is 19.2 Å². The van der Waals surface area contributed by atoms with Crippen molar-refractivity contribution >= 4 is 12.1 Å². The molecule has 102 valence electrons. The molecular formula is C16H20O3. The molecule has 1 unspecified atom stereocenters. The van der Waals surface area contributed by atoms with Crippen molar-refractivity contribution < 1.29 is 14.3 Å². The van der Waals surface area contributed by atoms with Gasteiger partial charge in [-0.15, -0.1) is 0 Å². The first-order chi connectivity index (χ1) is 9.00. The molecule has 0 saturated heterocycles. The number of hydrogen-bond acceptors (Lipinski definition) is 3. The van der Waals surface area contributed by atoms with Crippen molar-refractivity contribution in [3.63, 3.8) is 0 Å². The van der Waals surface area contributed by atoms with E-state index in [2.05, 4.69) is 0 Å². The molecule has 2 rings (SSSR count). The number of aryl methyl sites for hydroxylation is 1. The van der Waals surface area contributed by atoms with Gasteiger partial charge in [-0.2, -0.15) is 0 Å². The normalized spacial score (nSPS) is 26.5. The van der Waals surface area contributed by atoms with Gasteiger partial charge in [0.2, 0.25) is 0 Å². The summed E-state index contributed by atoms with van der Waals surface area (Å²) in [7, 11) is 1.62. The Hall–Kier alpha value is -1.64. The Morgan fingerprint density at radius 3 is 2.79 bits per heavy atom. The second-order valence-electron chi connectivity index (χ2n) is 5.71. The summed E-state index contributed by atoms with van der Waals surface area (Å²) in [5, 5.41) is 0. The van der Waals surface area contributed by atoms with E-state index in [9.17, 15) is 9.59 Å². The van der Waals surface area contributed by atoms with Gasteiger partial charge in [0.25, 0.3) is 0 Å². The number of carbonyl (C=O) groups excluding carboxylic acids is 2. The molecule has 1 fully saturated rings. The predicted octanol–water partition coefficient (Wildman–Crippen LogP) is 3.05. The van der Waals surface area contributed by atoms with Crippen molar-refractivity contribution in [3.8, 4) is 5.75 Å². The molecule has 3 heteroatoms. The zero-order chi connectivity index (χ0) is 14.0. The average Bonchev–Trinajstić information content (AvgIpc) is 2.64. The van der Waals surface area contributed by atoms with Gasteiger partial charge < -0.3 is 9.53 Å². The van der Waals surface area contributed by atoms with E-state index in [1.54, 1.807) is 7.11 Å². The molecule has 2 atom stereocenters. The molecule has 1 aliphatic carbocycles. The Kier molecular flexibility index (Phi) is 3.74. The first-order valence-corrected chi connectivity index (χ1v) is 6.62. The van der Waals surface area contributed by atoms with Gasteiger partial charge in [-0.25, -0.2) is 0 Å². The third kappa shape index (κ3) is 2.55. The SMILES string of the molecule is COc1cc(C)cc(C2C(=O)CC[C@@]2(C)CC=O)c1. The molecule has 0 spiro atoms. The number of methoxy groups -OCH3 is 1. The molecule has 3 nitrogen and oxygen atoms in total. The Morgan fingerprint density at radius 1 is 1.42 bits per heavy atom. The molecule has 0 radical (unpaired) electrons. The Balaban J connectivity index is 2.45. The zero-order valence-electron chi connectivity index (χ0n) is 11.7. The quantitative estimate of drug-likeness (QED) is 0.781. The molecule has 1 aromatic carbocycles. The highest BCUT2D eigenvalue weighted by Crippen LogP contribution is 2.49. The van der Waals surface area contributed by atoms with Crippen LogP contribution in [0, 0.1) is 12.3 Å². The molecule has 0 aliphatic heterocycles. The first kappa shape index (κ1) is 13.8. The molecular weight excluding hydrogens is 240 g/mol. The largest absolute Gasteiger partial charge is 0.497 e. The number of hydrogen-bond donors (Lipinski definition) is 0. The summed E-state index contributed by atoms with van der Waals surface area (Å²) in [5.74, 6) is 0.812. The molecule has 1 saturated carbocycles. The number of aldehydes is 1. The standard InChI is InChI=1S/C16H20O3/c1-11-8-12(10-13(9-11)19-3)15-14(18)4-5-16(15,2)6-7-17/h7-10,15H,4-6H2,1-3H3/t15?,16-/m0/s1. The fourth-order valence-electron chi connectivity index (χ4n) is 3.15. The third-order valence-electron chi connectivity index (χ3n) is 4.15. The van der Waals surface area contributed by atoms with Crippen molar-refractivity contribution in [2.45, 2.75) is 39.0 Å². The lowest BCUT2D eigenvalue weighted by atomic mass is 9.73. The lowest BCUT2D eigenvalue weighted by Gasteiger charge is -2.29. The maximum absolute atomic E-state index is 12.2. The van der Waals surface area contributed by atoms with Gasteiger partial charge in [-0.1, -0.05) is 13.0 Å². The van der Waals surface area contributed by atoms with Gasteiger partial charge in [0.05, 0.1) is 7.11 Å². The van der Waals surface area contributed by atoms with Gasteiger partial charge in [0, 0.05) is 18.8 Å². The van der Waals surface area contributed by atoms with Gasteiger partial charge in [-0.05, 0) is 42.0 Å². The van der Waals surface area contributed by atoms with Gasteiger partial charge in [0.1, 0.15) is 17.8 Å². The minimum atomic E-state index is -0.252. The summed E-state index contributed by atoms with van der Waals surface area (Å²) in [6.45, 7) is 4.02. The van der Waals surface area contributed by atoms with Crippen LogP contribution in [0.2, 0.25) is 0 Å². The number of carbonyl (C=O) groups is 2. The minimum Gasteiger partial charge on any atom is -0.497 e. The average molecular weight is 260 g/mol. The first-order valence-electron chi connectivity index (χ1n) is 6.62. The highest BCUT2D eigenvalue weighted by molar-refractivity contribution is 5.89. The maximum Gasteiger partial charge on any atom is 0.140 e. The maximum atomic E-state index is 12.2. The molecule has 0 N–H and O–H groups in total. The van der Waals surface area contributed by atoms with Crippen molar-refractivity contribution in [1.82, 2.24) is 0 Å². The van der Waals surface area contributed by atoms with E-state index in [-0.39, 0.29) is 17.1 Å². The number of ether oxygens (including phenoxy) is 1. The van der Waals surface area contributed by atoms with E-state index in [1.807, 2.05) is 32.0 Å². The predicted molar refractivity (Wildman–Crippen MR) is 73.5 cm³/mol. The van der Waals surface area contributed by atoms with Crippen LogP contribution in [0.25, 0.3) is 0 Å². The lowest BCUT2D eigenvalue weighted by molar-refractivity contribution is -0.119. The zero-order valence-corrected chi connectivity index (χ0v) is 11.7. The molecule has 19 heavy (non-hydrogen) atoms. The summed E-state index contributed by atoms with van der Waals surface area (Å²) < 4.78 is 5.28. The number of benzene rings is 1. The van der Waals surface area contributed by atoms with Crippen LogP contribution in [0.15, 0.2) is 18.2 Å². The second kappa shape index (κ2) is 5.16. The molecule has 0 aromatic heterocycles. The lowest BCUT2D eigenvalue weighted by Crippen LogP contribution is -2.24. The minimum absolute atomic E-state index is 0.188. The van der Waals surface area contributed by atoms with Gasteiger partial charge in [-0.3, -0.25) is 4.79 Å². The molecule has 0 bridgehead atoms. The van der Waals surface area contributed by atoms with E-state index < -0.39 is 0 Å². The van der Waals surface area contributed by atoms with Crippen LogP contribution in [0.1, 0.15) is 43.2 Å². The van der Waals surface area contributed by atoms with E-state index >= 15 is 0 Å². The fourth-order valence-corrected chi connectivity index (χ4v) is 3.15. The van der Waals surface area contributed by atoms with Crippen molar-refractivity contribution in [3.05, 3.63) is 29.3 Å². The van der Waals surface area contributed by atoms with Crippen LogP contribution in [0.5, 0.6) is 5.75 Å². The highest BCUT2D eigenvalue weighted by Gasteiger charge is 2.45. The van der Waals surface area contributed by atoms with Gasteiger partial charge in [0.15, 0.2) is 0 Å². The van der Waals surface area contributed by atoms with Crippen molar-refractivity contribution in [1.29, 1.82) is 0 Å². The number of ketones is 1. The van der Waals surface area contributed by atoms with E-state index in [4.69, 9.17) is 4.74 Å². The Bertz CT molecular complexity index is 507. The Labute approximate surface area is 114 Å². The Morgan fingerprint density at radius 2 is 2.16 bits per heavy atom. The molecule has 0 amide bonds. The van der Waals surface area contributed by atoms with Crippen molar-refractivity contribution in [2.24, 2.45) is 5.41 Å². The highest BCUT2D eigenvalue weighted by atomic mass is 16.5. The number of rotatable bonds is 4. The van der Waals surface area contributed by atoms with Crippen LogP contribution in [0.4, 0.5) is 0 Å². The van der Waals surface area contributed by atoms with E-state index in [0.29, 0.717) is 12.8 Å². The van der Waals surface area contributed by atoms with Crippen LogP contribution in [-0.2, 0) is 9.59 Å².